The zero-order valence-electron chi connectivity index (χ0n) is 9.99. The van der Waals surface area contributed by atoms with Gasteiger partial charge >= 0.3 is 0 Å². The molecule has 2 aromatic rings. The molecule has 0 heterocycles. The summed E-state index contributed by atoms with van der Waals surface area (Å²) in [5.41, 5.74) is 1.68. The second-order valence-electron chi connectivity index (χ2n) is 3.89. The number of para-hydroxylation sites is 1. The van der Waals surface area contributed by atoms with Crippen LogP contribution in [-0.2, 0) is 4.79 Å². The summed E-state index contributed by atoms with van der Waals surface area (Å²) in [5, 5.41) is 5.90. The second-order valence-corrected chi connectivity index (χ2v) is 5.66. The molecule has 2 rings (SSSR count). The minimum Gasteiger partial charge on any atom is -0.375 e. The largest absolute Gasteiger partial charge is 0.375 e. The molecule has 0 spiro atoms. The van der Waals surface area contributed by atoms with Gasteiger partial charge in [0.2, 0.25) is 5.91 Å². The Hall–Kier alpha value is -1.33. The van der Waals surface area contributed by atoms with Gasteiger partial charge in [-0.2, -0.15) is 0 Å². The van der Waals surface area contributed by atoms with Gasteiger partial charge in [-0.05, 0) is 52.3 Å². The van der Waals surface area contributed by atoms with Crippen molar-refractivity contribution in [1.29, 1.82) is 0 Å². The van der Waals surface area contributed by atoms with E-state index in [9.17, 15) is 4.79 Å². The van der Waals surface area contributed by atoms with Crippen LogP contribution in [0.25, 0.3) is 0 Å². The van der Waals surface area contributed by atoms with Gasteiger partial charge in [-0.15, -0.1) is 0 Å². The SMILES string of the molecule is O=C(CNc1ccccc1Br)Nc1ccc(Br)cc1. The third-order valence-corrected chi connectivity index (χ3v) is 3.66. The molecule has 2 N–H and O–H groups in total. The molecular formula is C14H12Br2N2O. The van der Waals surface area contributed by atoms with Crippen LogP contribution in [-0.4, -0.2) is 12.5 Å². The van der Waals surface area contributed by atoms with Crippen LogP contribution >= 0.6 is 31.9 Å². The van der Waals surface area contributed by atoms with Crippen molar-refractivity contribution in [3.05, 3.63) is 57.5 Å². The Morgan fingerprint density at radius 2 is 1.68 bits per heavy atom. The summed E-state index contributed by atoms with van der Waals surface area (Å²) in [7, 11) is 0. The topological polar surface area (TPSA) is 41.1 Å². The van der Waals surface area contributed by atoms with Gasteiger partial charge in [0.05, 0.1) is 6.54 Å². The minimum absolute atomic E-state index is 0.0851. The highest BCUT2D eigenvalue weighted by Gasteiger charge is 2.03. The highest BCUT2D eigenvalue weighted by molar-refractivity contribution is 9.10. The first-order valence-corrected chi connectivity index (χ1v) is 7.27. The summed E-state index contributed by atoms with van der Waals surface area (Å²) in [5.74, 6) is -0.0851. The third kappa shape index (κ3) is 4.36. The van der Waals surface area contributed by atoms with E-state index in [4.69, 9.17) is 0 Å². The van der Waals surface area contributed by atoms with Crippen LogP contribution in [0.15, 0.2) is 57.5 Å². The average Bonchev–Trinajstić information content (AvgIpc) is 2.40. The van der Waals surface area contributed by atoms with Crippen LogP contribution in [0.1, 0.15) is 0 Å². The standard InChI is InChI=1S/C14H12Br2N2O/c15-10-5-7-11(8-6-10)18-14(19)9-17-13-4-2-1-3-12(13)16/h1-8,17H,9H2,(H,18,19). The molecule has 98 valence electrons. The number of hydrogen-bond donors (Lipinski definition) is 2. The van der Waals surface area contributed by atoms with Gasteiger partial charge in [-0.25, -0.2) is 0 Å². The molecule has 0 atom stereocenters. The number of amides is 1. The number of halogens is 2. The Labute approximate surface area is 128 Å². The van der Waals surface area contributed by atoms with Gasteiger partial charge in [0.25, 0.3) is 0 Å². The summed E-state index contributed by atoms with van der Waals surface area (Å²) in [6.45, 7) is 0.221. The molecule has 5 heteroatoms. The first kappa shape index (κ1) is 14.1. The molecule has 0 saturated carbocycles. The van der Waals surface area contributed by atoms with Gasteiger partial charge in [-0.1, -0.05) is 28.1 Å². The van der Waals surface area contributed by atoms with Gasteiger partial charge in [0.1, 0.15) is 0 Å². The number of benzene rings is 2. The summed E-state index contributed by atoms with van der Waals surface area (Å²) in [6.07, 6.45) is 0. The summed E-state index contributed by atoms with van der Waals surface area (Å²) in [4.78, 5) is 11.8. The van der Waals surface area contributed by atoms with Crippen LogP contribution in [0.2, 0.25) is 0 Å². The maximum Gasteiger partial charge on any atom is 0.243 e. The van der Waals surface area contributed by atoms with Crippen molar-refractivity contribution in [2.24, 2.45) is 0 Å². The molecule has 0 aliphatic heterocycles. The lowest BCUT2D eigenvalue weighted by molar-refractivity contribution is -0.114. The first-order valence-electron chi connectivity index (χ1n) is 5.69. The average molecular weight is 384 g/mol. The smallest absolute Gasteiger partial charge is 0.243 e. The van der Waals surface area contributed by atoms with E-state index in [2.05, 4.69) is 42.5 Å². The Balaban J connectivity index is 1.88. The van der Waals surface area contributed by atoms with E-state index < -0.39 is 0 Å². The van der Waals surface area contributed by atoms with Crippen LogP contribution in [0.4, 0.5) is 11.4 Å². The van der Waals surface area contributed by atoms with Crippen LogP contribution < -0.4 is 10.6 Å². The van der Waals surface area contributed by atoms with E-state index in [1.54, 1.807) is 0 Å². The normalized spacial score (nSPS) is 10.0. The van der Waals surface area contributed by atoms with Crippen molar-refractivity contribution >= 4 is 49.1 Å². The van der Waals surface area contributed by atoms with Gasteiger partial charge in [0.15, 0.2) is 0 Å². The molecule has 19 heavy (non-hydrogen) atoms. The molecule has 0 unspecified atom stereocenters. The lowest BCUT2D eigenvalue weighted by Crippen LogP contribution is -2.21. The van der Waals surface area contributed by atoms with Crippen molar-refractivity contribution in [3.8, 4) is 0 Å². The van der Waals surface area contributed by atoms with E-state index in [-0.39, 0.29) is 12.5 Å². The fraction of sp³-hybridized carbons (Fsp3) is 0.0714. The molecule has 0 radical (unpaired) electrons. The number of nitrogens with one attached hydrogen (secondary N) is 2. The zero-order valence-corrected chi connectivity index (χ0v) is 13.2. The van der Waals surface area contributed by atoms with E-state index in [0.717, 1.165) is 20.3 Å². The summed E-state index contributed by atoms with van der Waals surface area (Å²) < 4.78 is 1.92. The van der Waals surface area contributed by atoms with Crippen molar-refractivity contribution in [3.63, 3.8) is 0 Å². The number of anilines is 2. The number of carbonyl (C=O) groups excluding carboxylic acids is 1. The predicted octanol–water partition coefficient (Wildman–Crippen LogP) is 4.26. The van der Waals surface area contributed by atoms with Gasteiger partial charge < -0.3 is 10.6 Å². The van der Waals surface area contributed by atoms with Gasteiger partial charge in [0, 0.05) is 20.3 Å². The molecule has 0 fully saturated rings. The summed E-state index contributed by atoms with van der Waals surface area (Å²) >= 11 is 6.77. The fourth-order valence-electron chi connectivity index (χ4n) is 1.52. The van der Waals surface area contributed by atoms with Gasteiger partial charge in [-0.3, -0.25) is 4.79 Å². The number of carbonyl (C=O) groups is 1. The maximum absolute atomic E-state index is 11.8. The summed E-state index contributed by atoms with van der Waals surface area (Å²) in [6, 6.07) is 15.2. The Morgan fingerprint density at radius 3 is 2.37 bits per heavy atom. The lowest BCUT2D eigenvalue weighted by Gasteiger charge is -2.09. The van der Waals surface area contributed by atoms with Crippen molar-refractivity contribution in [2.45, 2.75) is 0 Å². The molecule has 2 aromatic carbocycles. The Bertz CT molecular complexity index is 570. The molecule has 0 saturated heterocycles. The third-order valence-electron chi connectivity index (χ3n) is 2.44. The quantitative estimate of drug-likeness (QED) is 0.827. The highest BCUT2D eigenvalue weighted by atomic mass is 79.9. The van der Waals surface area contributed by atoms with E-state index in [1.165, 1.54) is 0 Å². The molecule has 0 aromatic heterocycles. The van der Waals surface area contributed by atoms with Crippen molar-refractivity contribution in [1.82, 2.24) is 0 Å². The molecule has 0 aliphatic rings. The van der Waals surface area contributed by atoms with Crippen molar-refractivity contribution in [2.75, 3.05) is 17.2 Å². The molecule has 3 nitrogen and oxygen atoms in total. The first-order chi connectivity index (χ1) is 9.15. The molecule has 0 aliphatic carbocycles. The van der Waals surface area contributed by atoms with E-state index in [0.29, 0.717) is 0 Å². The number of rotatable bonds is 4. The zero-order chi connectivity index (χ0) is 13.7. The highest BCUT2D eigenvalue weighted by Crippen LogP contribution is 2.20. The Kier molecular flexibility index (Phi) is 4.99. The second kappa shape index (κ2) is 6.73. The maximum atomic E-state index is 11.8. The monoisotopic (exact) mass is 382 g/mol. The van der Waals surface area contributed by atoms with Crippen LogP contribution in [0, 0.1) is 0 Å². The lowest BCUT2D eigenvalue weighted by atomic mass is 10.3. The van der Waals surface area contributed by atoms with E-state index >= 15 is 0 Å². The van der Waals surface area contributed by atoms with Crippen LogP contribution in [0.5, 0.6) is 0 Å². The molecular weight excluding hydrogens is 372 g/mol. The van der Waals surface area contributed by atoms with E-state index in [1.807, 2.05) is 48.5 Å². The Morgan fingerprint density at radius 1 is 1.00 bits per heavy atom. The predicted molar refractivity (Wildman–Crippen MR) is 85.4 cm³/mol. The molecule has 0 bridgehead atoms. The number of hydrogen-bond acceptors (Lipinski definition) is 2. The fourth-order valence-corrected chi connectivity index (χ4v) is 2.21. The molecule has 1 amide bonds. The minimum atomic E-state index is -0.0851. The van der Waals surface area contributed by atoms with Crippen LogP contribution in [0.3, 0.4) is 0 Å². The van der Waals surface area contributed by atoms with Crippen molar-refractivity contribution < 1.29 is 4.79 Å².